The summed E-state index contributed by atoms with van der Waals surface area (Å²) < 4.78 is 12.2. The number of rotatable bonds is 8. The fraction of sp³-hybridized carbons (Fsp3) is 0.684. The highest BCUT2D eigenvalue weighted by molar-refractivity contribution is 5.29. The molecule has 0 saturated heterocycles. The largest absolute Gasteiger partial charge is 0.465 e. The highest BCUT2D eigenvalue weighted by atomic mass is 16.7. The van der Waals surface area contributed by atoms with Crippen LogP contribution in [0.4, 0.5) is 0 Å². The molecule has 2 heteroatoms. The highest BCUT2D eigenvalue weighted by Gasteiger charge is 2.25. The van der Waals surface area contributed by atoms with Crippen LogP contribution in [0.15, 0.2) is 24.3 Å². The first-order valence-corrected chi connectivity index (χ1v) is 8.23. The molecule has 0 aliphatic rings. The van der Waals surface area contributed by atoms with E-state index in [1.54, 1.807) is 0 Å². The van der Waals surface area contributed by atoms with E-state index in [0.29, 0.717) is 11.8 Å². The smallest absolute Gasteiger partial charge is 0.202 e. The van der Waals surface area contributed by atoms with Crippen molar-refractivity contribution in [2.75, 3.05) is 0 Å². The first-order chi connectivity index (χ1) is 9.79. The van der Waals surface area contributed by atoms with E-state index < -0.39 is 0 Å². The first-order valence-electron chi connectivity index (χ1n) is 8.23. The van der Waals surface area contributed by atoms with Crippen LogP contribution in [0.5, 0.6) is 5.75 Å². The third kappa shape index (κ3) is 5.70. The van der Waals surface area contributed by atoms with Gasteiger partial charge in [0.05, 0.1) is 5.60 Å². The van der Waals surface area contributed by atoms with Gasteiger partial charge in [-0.2, -0.15) is 0 Å². The van der Waals surface area contributed by atoms with Crippen molar-refractivity contribution in [1.82, 2.24) is 0 Å². The third-order valence-electron chi connectivity index (χ3n) is 4.14. The van der Waals surface area contributed by atoms with Gasteiger partial charge in [-0.15, -0.1) is 0 Å². The second-order valence-electron chi connectivity index (χ2n) is 6.84. The Morgan fingerprint density at radius 1 is 1.00 bits per heavy atom. The zero-order valence-corrected chi connectivity index (χ0v) is 14.8. The lowest BCUT2D eigenvalue weighted by atomic mass is 9.99. The van der Waals surface area contributed by atoms with E-state index in [1.807, 2.05) is 0 Å². The van der Waals surface area contributed by atoms with Crippen LogP contribution in [0.2, 0.25) is 0 Å². The van der Waals surface area contributed by atoms with Gasteiger partial charge in [0.15, 0.2) is 0 Å². The van der Waals surface area contributed by atoms with Crippen molar-refractivity contribution < 1.29 is 9.47 Å². The summed E-state index contributed by atoms with van der Waals surface area (Å²) in [5, 5.41) is 0. The Balaban J connectivity index is 2.76. The summed E-state index contributed by atoms with van der Waals surface area (Å²) in [6, 6.07) is 8.43. The van der Waals surface area contributed by atoms with Crippen LogP contribution in [-0.2, 0) is 4.74 Å². The van der Waals surface area contributed by atoms with Crippen molar-refractivity contribution in [2.24, 2.45) is 5.92 Å². The molecule has 0 heterocycles. The summed E-state index contributed by atoms with van der Waals surface area (Å²) in [6.07, 6.45) is 1.91. The molecule has 0 fully saturated rings. The molecule has 2 nitrogen and oxygen atoms in total. The topological polar surface area (TPSA) is 18.5 Å². The van der Waals surface area contributed by atoms with Crippen LogP contribution in [0.1, 0.15) is 72.8 Å². The molecule has 2 atom stereocenters. The van der Waals surface area contributed by atoms with Gasteiger partial charge in [-0.1, -0.05) is 46.8 Å². The maximum atomic E-state index is 6.13. The monoisotopic (exact) mass is 292 g/mol. The molecule has 0 aliphatic heterocycles. The molecule has 0 saturated carbocycles. The van der Waals surface area contributed by atoms with E-state index in [1.165, 1.54) is 5.56 Å². The Morgan fingerprint density at radius 3 is 2.00 bits per heavy atom. The molecule has 1 aromatic rings. The average molecular weight is 292 g/mol. The van der Waals surface area contributed by atoms with Gasteiger partial charge < -0.3 is 9.47 Å². The fourth-order valence-electron chi connectivity index (χ4n) is 1.94. The minimum absolute atomic E-state index is 0.161. The molecule has 0 spiro atoms. The van der Waals surface area contributed by atoms with Crippen LogP contribution in [0.3, 0.4) is 0 Å². The zero-order chi connectivity index (χ0) is 16.0. The number of hydrogen-bond donors (Lipinski definition) is 0. The zero-order valence-electron chi connectivity index (χ0n) is 14.8. The second-order valence-corrected chi connectivity index (χ2v) is 6.84. The Labute approximate surface area is 130 Å². The molecule has 0 aromatic heterocycles. The summed E-state index contributed by atoms with van der Waals surface area (Å²) in [4.78, 5) is 0. The summed E-state index contributed by atoms with van der Waals surface area (Å²) in [5.74, 6) is 1.79. The van der Waals surface area contributed by atoms with Gasteiger partial charge in [0.2, 0.25) is 6.29 Å². The Kier molecular flexibility index (Phi) is 6.73. The second kappa shape index (κ2) is 7.84. The molecule has 120 valence electrons. The molecule has 0 bridgehead atoms. The Morgan fingerprint density at radius 2 is 1.57 bits per heavy atom. The molecule has 2 unspecified atom stereocenters. The lowest BCUT2D eigenvalue weighted by Crippen LogP contribution is -2.36. The molecule has 21 heavy (non-hydrogen) atoms. The van der Waals surface area contributed by atoms with Crippen molar-refractivity contribution in [3.63, 3.8) is 0 Å². The average Bonchev–Trinajstić information content (AvgIpc) is 2.46. The van der Waals surface area contributed by atoms with Gasteiger partial charge in [-0.3, -0.25) is 0 Å². The van der Waals surface area contributed by atoms with Crippen molar-refractivity contribution >= 4 is 0 Å². The first kappa shape index (κ1) is 18.0. The van der Waals surface area contributed by atoms with Gasteiger partial charge in [-0.25, -0.2) is 0 Å². The standard InChI is InChI=1S/C19H32O2/c1-8-15(5)16-10-12-17(13-11-16)20-18(14(3)4)21-19(6,7)9-2/h10-15,18H,8-9H2,1-7H3. The summed E-state index contributed by atoms with van der Waals surface area (Å²) in [6.45, 7) is 15.1. The van der Waals surface area contributed by atoms with E-state index in [-0.39, 0.29) is 11.9 Å². The predicted molar refractivity (Wildman–Crippen MR) is 89.9 cm³/mol. The van der Waals surface area contributed by atoms with E-state index in [2.05, 4.69) is 72.7 Å². The molecule has 0 radical (unpaired) electrons. The SMILES string of the molecule is CCC(C)c1ccc(OC(OC(C)(C)CC)C(C)C)cc1. The molecule has 0 N–H and O–H groups in total. The van der Waals surface area contributed by atoms with Gasteiger partial charge >= 0.3 is 0 Å². The molecular weight excluding hydrogens is 260 g/mol. The van der Waals surface area contributed by atoms with Crippen molar-refractivity contribution in [1.29, 1.82) is 0 Å². The molecular formula is C19H32O2. The summed E-state index contributed by atoms with van der Waals surface area (Å²) in [7, 11) is 0. The van der Waals surface area contributed by atoms with Crippen LogP contribution < -0.4 is 4.74 Å². The van der Waals surface area contributed by atoms with E-state index in [4.69, 9.17) is 9.47 Å². The molecule has 0 aliphatic carbocycles. The number of benzene rings is 1. The van der Waals surface area contributed by atoms with Crippen molar-refractivity contribution in [3.8, 4) is 5.75 Å². The van der Waals surface area contributed by atoms with Crippen LogP contribution in [0, 0.1) is 5.92 Å². The van der Waals surface area contributed by atoms with Crippen LogP contribution in [-0.4, -0.2) is 11.9 Å². The molecule has 0 amide bonds. The fourth-order valence-corrected chi connectivity index (χ4v) is 1.94. The van der Waals surface area contributed by atoms with E-state index >= 15 is 0 Å². The normalized spacial score (nSPS) is 15.0. The van der Waals surface area contributed by atoms with Crippen molar-refractivity contribution in [3.05, 3.63) is 29.8 Å². The van der Waals surface area contributed by atoms with Gasteiger partial charge in [-0.05, 0) is 50.3 Å². The molecule has 1 aromatic carbocycles. The van der Waals surface area contributed by atoms with Crippen LogP contribution >= 0.6 is 0 Å². The Hall–Kier alpha value is -1.02. The van der Waals surface area contributed by atoms with E-state index in [9.17, 15) is 0 Å². The highest BCUT2D eigenvalue weighted by Crippen LogP contribution is 2.26. The summed E-state index contributed by atoms with van der Waals surface area (Å²) >= 11 is 0. The van der Waals surface area contributed by atoms with Gasteiger partial charge in [0, 0.05) is 5.92 Å². The third-order valence-corrected chi connectivity index (χ3v) is 4.14. The van der Waals surface area contributed by atoms with Gasteiger partial charge in [0.1, 0.15) is 5.75 Å². The minimum atomic E-state index is -0.214. The quantitative estimate of drug-likeness (QED) is 0.567. The van der Waals surface area contributed by atoms with Crippen molar-refractivity contribution in [2.45, 2.75) is 79.1 Å². The minimum Gasteiger partial charge on any atom is -0.465 e. The number of ether oxygens (including phenoxy) is 2. The number of hydrogen-bond acceptors (Lipinski definition) is 2. The lowest BCUT2D eigenvalue weighted by Gasteiger charge is -2.32. The maximum Gasteiger partial charge on any atom is 0.202 e. The summed E-state index contributed by atoms with van der Waals surface area (Å²) in [5.41, 5.74) is 1.20. The lowest BCUT2D eigenvalue weighted by molar-refractivity contribution is -0.178. The maximum absolute atomic E-state index is 6.13. The molecule has 1 rings (SSSR count). The Bertz CT molecular complexity index is 406. The van der Waals surface area contributed by atoms with Gasteiger partial charge in [0.25, 0.3) is 0 Å². The van der Waals surface area contributed by atoms with E-state index in [0.717, 1.165) is 18.6 Å². The van der Waals surface area contributed by atoms with Crippen LogP contribution in [0.25, 0.3) is 0 Å². The predicted octanol–water partition coefficient (Wildman–Crippen LogP) is 5.77.